The fraction of sp³-hybridized carbons (Fsp3) is 0.346. The molecule has 0 saturated heterocycles. The Bertz CT molecular complexity index is 1150. The van der Waals surface area contributed by atoms with Crippen LogP contribution in [0.5, 0.6) is 0 Å². The molecule has 0 radical (unpaired) electrons. The number of fused-ring (bicyclic) bond motifs is 1. The molecule has 2 heterocycles. The van der Waals surface area contributed by atoms with Gasteiger partial charge in [-0.25, -0.2) is 4.98 Å². The lowest BCUT2D eigenvalue weighted by Crippen LogP contribution is -2.36. The molecule has 5 rings (SSSR count). The highest BCUT2D eigenvalue weighted by atomic mass is 32.1. The van der Waals surface area contributed by atoms with E-state index in [0.717, 1.165) is 54.7 Å². The number of hydrogen-bond acceptors (Lipinski definition) is 4. The quantitative estimate of drug-likeness (QED) is 0.538. The maximum absolute atomic E-state index is 13.0. The van der Waals surface area contributed by atoms with Crippen LogP contribution in [0.15, 0.2) is 53.9 Å². The molecule has 164 valence electrons. The smallest absolute Gasteiger partial charge is 0.235 e. The standard InChI is InChI=1S/C26H27N3O2S/c1-17(18-7-4-3-5-8-18)24(30)28(2)26-27-22(16-32-26)20-12-13-23-21(15-20)9-6-14-29(23)25(31)19-10-11-19/h3-5,7-8,12-13,15-17,19H,6,9-11,14H2,1-2H3/t17-/m0/s1. The van der Waals surface area contributed by atoms with Gasteiger partial charge in [0.05, 0.1) is 11.6 Å². The van der Waals surface area contributed by atoms with Gasteiger partial charge in [-0.15, -0.1) is 11.3 Å². The first kappa shape index (κ1) is 20.9. The molecule has 0 N–H and O–H groups in total. The van der Waals surface area contributed by atoms with Gasteiger partial charge in [0.25, 0.3) is 0 Å². The number of thiazole rings is 1. The molecule has 0 spiro atoms. The number of carbonyl (C=O) groups is 2. The van der Waals surface area contributed by atoms with Crippen molar-refractivity contribution < 1.29 is 9.59 Å². The first-order chi connectivity index (χ1) is 15.5. The van der Waals surface area contributed by atoms with Crippen molar-refractivity contribution in [2.75, 3.05) is 23.4 Å². The molecule has 1 saturated carbocycles. The van der Waals surface area contributed by atoms with E-state index in [2.05, 4.69) is 12.1 Å². The number of likely N-dealkylation sites (N-methyl/N-ethyl adjacent to an activating group) is 1. The average molecular weight is 446 g/mol. The summed E-state index contributed by atoms with van der Waals surface area (Å²) in [5, 5.41) is 2.69. The van der Waals surface area contributed by atoms with Crippen LogP contribution < -0.4 is 9.80 Å². The number of benzene rings is 2. The zero-order valence-electron chi connectivity index (χ0n) is 18.5. The molecule has 1 atom stereocenters. The molecule has 0 bridgehead atoms. The third kappa shape index (κ3) is 3.95. The van der Waals surface area contributed by atoms with E-state index in [9.17, 15) is 9.59 Å². The number of aryl methyl sites for hydroxylation is 1. The van der Waals surface area contributed by atoms with E-state index < -0.39 is 0 Å². The minimum atomic E-state index is -0.229. The highest BCUT2D eigenvalue weighted by Crippen LogP contribution is 2.38. The fourth-order valence-electron chi connectivity index (χ4n) is 4.36. The molecule has 1 aliphatic carbocycles. The van der Waals surface area contributed by atoms with Crippen molar-refractivity contribution in [1.29, 1.82) is 0 Å². The van der Waals surface area contributed by atoms with Crippen LogP contribution in [-0.2, 0) is 16.0 Å². The Morgan fingerprint density at radius 3 is 2.69 bits per heavy atom. The lowest BCUT2D eigenvalue weighted by Gasteiger charge is -2.30. The second kappa shape index (κ2) is 8.51. The van der Waals surface area contributed by atoms with E-state index in [0.29, 0.717) is 5.13 Å². The Hall–Kier alpha value is -2.99. The van der Waals surface area contributed by atoms with Crippen molar-refractivity contribution in [3.8, 4) is 11.3 Å². The maximum Gasteiger partial charge on any atom is 0.235 e. The van der Waals surface area contributed by atoms with Crippen LogP contribution in [0.3, 0.4) is 0 Å². The van der Waals surface area contributed by atoms with Crippen molar-refractivity contribution in [1.82, 2.24) is 4.98 Å². The number of hydrogen-bond donors (Lipinski definition) is 0. The normalized spacial score (nSPS) is 16.4. The summed E-state index contributed by atoms with van der Waals surface area (Å²) in [6.07, 6.45) is 4.02. The summed E-state index contributed by atoms with van der Waals surface area (Å²) < 4.78 is 0. The molecule has 2 amide bonds. The van der Waals surface area contributed by atoms with Crippen molar-refractivity contribution in [2.24, 2.45) is 5.92 Å². The van der Waals surface area contributed by atoms with E-state index in [-0.39, 0.29) is 23.7 Å². The molecular formula is C26H27N3O2S. The maximum atomic E-state index is 13.0. The summed E-state index contributed by atoms with van der Waals surface area (Å²) in [5.74, 6) is 0.305. The summed E-state index contributed by atoms with van der Waals surface area (Å²) in [6.45, 7) is 2.75. The predicted molar refractivity (Wildman–Crippen MR) is 129 cm³/mol. The van der Waals surface area contributed by atoms with Crippen molar-refractivity contribution in [2.45, 2.75) is 38.5 Å². The summed E-state index contributed by atoms with van der Waals surface area (Å²) in [5.41, 5.74) is 5.16. The Morgan fingerprint density at radius 1 is 1.16 bits per heavy atom. The second-order valence-corrected chi connectivity index (χ2v) is 9.59. The topological polar surface area (TPSA) is 53.5 Å². The summed E-state index contributed by atoms with van der Waals surface area (Å²) in [7, 11) is 1.79. The van der Waals surface area contributed by atoms with Crippen LogP contribution >= 0.6 is 11.3 Å². The zero-order valence-corrected chi connectivity index (χ0v) is 19.3. The minimum Gasteiger partial charge on any atom is -0.312 e. The number of amides is 2. The van der Waals surface area contributed by atoms with E-state index >= 15 is 0 Å². The molecule has 1 fully saturated rings. The minimum absolute atomic E-state index is 0.0248. The monoisotopic (exact) mass is 445 g/mol. The lowest BCUT2D eigenvalue weighted by atomic mass is 9.98. The first-order valence-corrected chi connectivity index (χ1v) is 12.1. The average Bonchev–Trinajstić information content (AvgIpc) is 3.58. The zero-order chi connectivity index (χ0) is 22.2. The number of aromatic nitrogens is 1. The highest BCUT2D eigenvalue weighted by molar-refractivity contribution is 7.14. The lowest BCUT2D eigenvalue weighted by molar-refractivity contribution is -0.120. The SMILES string of the molecule is C[C@H](C(=O)N(C)c1nc(-c2ccc3c(c2)CCCN3C(=O)C2CC2)cs1)c1ccccc1. The Kier molecular flexibility index (Phi) is 5.55. The molecule has 2 aromatic carbocycles. The number of rotatable bonds is 5. The number of carbonyl (C=O) groups excluding carboxylic acids is 2. The fourth-order valence-corrected chi connectivity index (χ4v) is 5.16. The second-order valence-electron chi connectivity index (χ2n) is 8.76. The van der Waals surface area contributed by atoms with Gasteiger partial charge >= 0.3 is 0 Å². The van der Waals surface area contributed by atoms with Gasteiger partial charge in [-0.3, -0.25) is 14.5 Å². The van der Waals surface area contributed by atoms with Gasteiger partial charge in [0.15, 0.2) is 5.13 Å². The third-order valence-corrected chi connectivity index (χ3v) is 7.38. The van der Waals surface area contributed by atoms with Crippen molar-refractivity contribution >= 4 is 34.0 Å². The molecular weight excluding hydrogens is 418 g/mol. The van der Waals surface area contributed by atoms with Crippen LogP contribution in [-0.4, -0.2) is 30.4 Å². The molecule has 2 aliphatic rings. The van der Waals surface area contributed by atoms with Gasteiger partial charge in [-0.05, 0) is 55.9 Å². The first-order valence-electron chi connectivity index (χ1n) is 11.3. The summed E-state index contributed by atoms with van der Waals surface area (Å²) in [4.78, 5) is 34.0. The van der Waals surface area contributed by atoms with Crippen LogP contribution in [0.2, 0.25) is 0 Å². The van der Waals surface area contributed by atoms with Gasteiger partial charge < -0.3 is 4.90 Å². The van der Waals surface area contributed by atoms with Crippen LogP contribution in [0.4, 0.5) is 10.8 Å². The van der Waals surface area contributed by atoms with E-state index in [1.54, 1.807) is 11.9 Å². The van der Waals surface area contributed by atoms with Gasteiger partial charge in [-0.2, -0.15) is 0 Å². The highest BCUT2D eigenvalue weighted by Gasteiger charge is 2.35. The molecule has 1 aliphatic heterocycles. The number of nitrogens with zero attached hydrogens (tertiary/aromatic N) is 3. The van der Waals surface area contributed by atoms with E-state index in [1.807, 2.05) is 53.6 Å². The summed E-state index contributed by atoms with van der Waals surface area (Å²) >= 11 is 1.48. The largest absolute Gasteiger partial charge is 0.312 e. The Morgan fingerprint density at radius 2 is 1.94 bits per heavy atom. The molecule has 0 unspecified atom stereocenters. The van der Waals surface area contributed by atoms with Gasteiger partial charge in [0, 0.05) is 36.1 Å². The van der Waals surface area contributed by atoms with Crippen LogP contribution in [0.1, 0.15) is 43.2 Å². The molecule has 1 aromatic heterocycles. The Balaban J connectivity index is 1.35. The van der Waals surface area contributed by atoms with E-state index in [1.165, 1.54) is 16.9 Å². The van der Waals surface area contributed by atoms with Crippen molar-refractivity contribution in [3.63, 3.8) is 0 Å². The summed E-state index contributed by atoms with van der Waals surface area (Å²) in [6, 6.07) is 16.1. The molecule has 5 nitrogen and oxygen atoms in total. The molecule has 6 heteroatoms. The van der Waals surface area contributed by atoms with Gasteiger partial charge in [-0.1, -0.05) is 36.4 Å². The van der Waals surface area contributed by atoms with Gasteiger partial charge in [0.1, 0.15) is 0 Å². The molecule has 3 aromatic rings. The molecule has 32 heavy (non-hydrogen) atoms. The van der Waals surface area contributed by atoms with E-state index in [4.69, 9.17) is 4.98 Å². The third-order valence-electron chi connectivity index (χ3n) is 6.47. The number of anilines is 2. The van der Waals surface area contributed by atoms with Gasteiger partial charge in [0.2, 0.25) is 11.8 Å². The van der Waals surface area contributed by atoms with Crippen LogP contribution in [0.25, 0.3) is 11.3 Å². The predicted octanol–water partition coefficient (Wildman–Crippen LogP) is 5.27. The Labute approximate surface area is 192 Å². The van der Waals surface area contributed by atoms with Crippen molar-refractivity contribution in [3.05, 3.63) is 65.0 Å². The van der Waals surface area contributed by atoms with Crippen LogP contribution in [0, 0.1) is 5.92 Å².